The monoisotopic (exact) mass is 398 g/mol. The number of fused-ring (bicyclic) bond motifs is 1. The molecular weight excluding hydrogens is 372 g/mol. The minimum atomic E-state index is 0.616. The number of benzene rings is 2. The van der Waals surface area contributed by atoms with Crippen LogP contribution in [-0.2, 0) is 0 Å². The molecule has 4 rings (SSSR count). The number of pyridine rings is 1. The van der Waals surface area contributed by atoms with E-state index in [1.165, 1.54) is 0 Å². The molecule has 30 heavy (non-hydrogen) atoms. The zero-order valence-electron chi connectivity index (χ0n) is 17.3. The summed E-state index contributed by atoms with van der Waals surface area (Å²) in [5.74, 6) is 1.35. The van der Waals surface area contributed by atoms with Crippen molar-refractivity contribution in [1.29, 1.82) is 0 Å². The molecule has 0 fully saturated rings. The van der Waals surface area contributed by atoms with E-state index in [-0.39, 0.29) is 0 Å². The molecule has 2 aromatic heterocycles. The van der Waals surface area contributed by atoms with Gasteiger partial charge >= 0.3 is 0 Å². The first-order valence-electron chi connectivity index (χ1n) is 10.1. The summed E-state index contributed by atoms with van der Waals surface area (Å²) in [6.07, 6.45) is 2.82. The third-order valence-electron chi connectivity index (χ3n) is 4.76. The highest BCUT2D eigenvalue weighted by molar-refractivity contribution is 5.91. The van der Waals surface area contributed by atoms with Crippen molar-refractivity contribution in [3.05, 3.63) is 72.9 Å². The van der Waals surface area contributed by atoms with Crippen LogP contribution in [0.25, 0.3) is 22.2 Å². The molecule has 0 saturated heterocycles. The van der Waals surface area contributed by atoms with Crippen molar-refractivity contribution in [2.45, 2.75) is 6.42 Å². The third kappa shape index (κ3) is 4.90. The summed E-state index contributed by atoms with van der Waals surface area (Å²) in [5.41, 5.74) is 3.76. The summed E-state index contributed by atoms with van der Waals surface area (Å²) in [5, 5.41) is 7.90. The van der Waals surface area contributed by atoms with E-state index in [1.54, 1.807) is 6.20 Å². The lowest BCUT2D eigenvalue weighted by Crippen LogP contribution is -2.17. The van der Waals surface area contributed by atoms with Gasteiger partial charge in [0, 0.05) is 29.8 Å². The van der Waals surface area contributed by atoms with Crippen molar-refractivity contribution in [3.8, 4) is 11.3 Å². The van der Waals surface area contributed by atoms with Crippen molar-refractivity contribution < 1.29 is 0 Å². The van der Waals surface area contributed by atoms with Crippen LogP contribution in [0, 0.1) is 0 Å². The van der Waals surface area contributed by atoms with E-state index in [0.717, 1.165) is 53.2 Å². The van der Waals surface area contributed by atoms with Gasteiger partial charge in [0.2, 0.25) is 5.95 Å². The fourth-order valence-corrected chi connectivity index (χ4v) is 3.29. The molecule has 0 aliphatic rings. The number of rotatable bonds is 8. The molecular formula is C24H26N6. The molecule has 0 atom stereocenters. The molecule has 0 bridgehead atoms. The lowest BCUT2D eigenvalue weighted by atomic mass is 10.1. The molecule has 2 heterocycles. The second-order valence-corrected chi connectivity index (χ2v) is 7.42. The topological polar surface area (TPSA) is 66.0 Å². The Bertz CT molecular complexity index is 1110. The Morgan fingerprint density at radius 3 is 2.57 bits per heavy atom. The second kappa shape index (κ2) is 9.33. The summed E-state index contributed by atoms with van der Waals surface area (Å²) in [6, 6.07) is 22.2. The maximum absolute atomic E-state index is 4.73. The Kier molecular flexibility index (Phi) is 6.15. The number of hydrogen-bond donors (Lipinski definition) is 2. The van der Waals surface area contributed by atoms with Gasteiger partial charge in [-0.2, -0.15) is 4.98 Å². The van der Waals surface area contributed by atoms with E-state index >= 15 is 0 Å². The van der Waals surface area contributed by atoms with Gasteiger partial charge in [-0.15, -0.1) is 0 Å². The first-order chi connectivity index (χ1) is 14.7. The predicted molar refractivity (Wildman–Crippen MR) is 124 cm³/mol. The molecule has 0 unspecified atom stereocenters. The lowest BCUT2D eigenvalue weighted by Gasteiger charge is -2.13. The average molecular weight is 399 g/mol. The van der Waals surface area contributed by atoms with Gasteiger partial charge in [-0.3, -0.25) is 4.98 Å². The van der Waals surface area contributed by atoms with Gasteiger partial charge in [0.15, 0.2) is 0 Å². The van der Waals surface area contributed by atoms with Gasteiger partial charge in [-0.1, -0.05) is 48.5 Å². The van der Waals surface area contributed by atoms with E-state index in [2.05, 4.69) is 58.9 Å². The van der Waals surface area contributed by atoms with Gasteiger partial charge in [0.25, 0.3) is 0 Å². The molecule has 2 aromatic carbocycles. The van der Waals surface area contributed by atoms with Crippen molar-refractivity contribution in [2.24, 2.45) is 0 Å². The number of nitrogens with one attached hydrogen (secondary N) is 2. The van der Waals surface area contributed by atoms with E-state index < -0.39 is 0 Å². The summed E-state index contributed by atoms with van der Waals surface area (Å²) in [6.45, 7) is 1.82. The Balaban J connectivity index is 1.64. The minimum absolute atomic E-state index is 0.616. The Morgan fingerprint density at radius 1 is 0.900 bits per heavy atom. The summed E-state index contributed by atoms with van der Waals surface area (Å²) < 4.78 is 0. The van der Waals surface area contributed by atoms with Gasteiger partial charge in [0.05, 0.1) is 16.9 Å². The van der Waals surface area contributed by atoms with Crippen molar-refractivity contribution in [2.75, 3.05) is 37.8 Å². The van der Waals surface area contributed by atoms with Crippen LogP contribution in [0.15, 0.2) is 72.9 Å². The first-order valence-corrected chi connectivity index (χ1v) is 10.1. The number of nitrogens with zero attached hydrogens (tertiary/aromatic N) is 4. The molecule has 0 radical (unpaired) electrons. The van der Waals surface area contributed by atoms with Crippen LogP contribution in [0.5, 0.6) is 0 Å². The van der Waals surface area contributed by atoms with Gasteiger partial charge in [-0.25, -0.2) is 4.98 Å². The highest BCUT2D eigenvalue weighted by Gasteiger charge is 2.09. The Morgan fingerprint density at radius 2 is 1.73 bits per heavy atom. The molecule has 6 heteroatoms. The SMILES string of the molecule is CN(C)CCCNc1nc(Nc2cccc3cccnc23)cc(-c2ccccc2)n1. The van der Waals surface area contributed by atoms with Crippen LogP contribution >= 0.6 is 0 Å². The molecule has 152 valence electrons. The van der Waals surface area contributed by atoms with E-state index in [1.807, 2.05) is 42.5 Å². The van der Waals surface area contributed by atoms with E-state index in [9.17, 15) is 0 Å². The van der Waals surface area contributed by atoms with E-state index in [4.69, 9.17) is 9.97 Å². The smallest absolute Gasteiger partial charge is 0.225 e. The standard InChI is InChI=1S/C24H26N6/c1-30(2)16-8-15-26-24-28-21(18-9-4-3-5-10-18)17-22(29-24)27-20-13-6-11-19-12-7-14-25-23(19)20/h3-7,9-14,17H,8,15-16H2,1-2H3,(H2,26,27,28,29). The van der Waals surface area contributed by atoms with Crippen molar-refractivity contribution in [1.82, 2.24) is 19.9 Å². The number of aromatic nitrogens is 3. The van der Waals surface area contributed by atoms with Crippen LogP contribution in [0.2, 0.25) is 0 Å². The molecule has 0 spiro atoms. The number of anilines is 3. The average Bonchev–Trinajstić information content (AvgIpc) is 2.77. The van der Waals surface area contributed by atoms with Gasteiger partial charge in [0.1, 0.15) is 5.82 Å². The van der Waals surface area contributed by atoms with Crippen LogP contribution in [0.4, 0.5) is 17.5 Å². The van der Waals surface area contributed by atoms with Crippen LogP contribution in [0.3, 0.4) is 0 Å². The second-order valence-electron chi connectivity index (χ2n) is 7.42. The molecule has 0 aliphatic carbocycles. The fourth-order valence-electron chi connectivity index (χ4n) is 3.29. The molecule has 4 aromatic rings. The van der Waals surface area contributed by atoms with Crippen molar-refractivity contribution >= 4 is 28.4 Å². The Hall–Kier alpha value is -3.51. The molecule has 0 saturated carbocycles. The first kappa shape index (κ1) is 19.8. The minimum Gasteiger partial charge on any atom is -0.354 e. The molecule has 0 amide bonds. The molecule has 0 aliphatic heterocycles. The van der Waals surface area contributed by atoms with Gasteiger partial charge < -0.3 is 15.5 Å². The number of para-hydroxylation sites is 1. The summed E-state index contributed by atoms with van der Waals surface area (Å²) in [4.78, 5) is 16.1. The largest absolute Gasteiger partial charge is 0.354 e. The summed E-state index contributed by atoms with van der Waals surface area (Å²) in [7, 11) is 4.15. The zero-order valence-corrected chi connectivity index (χ0v) is 17.3. The lowest BCUT2D eigenvalue weighted by molar-refractivity contribution is 0.405. The van der Waals surface area contributed by atoms with Crippen LogP contribution in [-0.4, -0.2) is 47.0 Å². The highest BCUT2D eigenvalue weighted by Crippen LogP contribution is 2.27. The highest BCUT2D eigenvalue weighted by atomic mass is 15.1. The maximum atomic E-state index is 4.73. The molecule has 6 nitrogen and oxygen atoms in total. The van der Waals surface area contributed by atoms with Crippen LogP contribution in [0.1, 0.15) is 6.42 Å². The van der Waals surface area contributed by atoms with Gasteiger partial charge in [-0.05, 0) is 39.2 Å². The number of hydrogen-bond acceptors (Lipinski definition) is 6. The Labute approximate surface area is 177 Å². The van der Waals surface area contributed by atoms with E-state index in [0.29, 0.717) is 5.95 Å². The van der Waals surface area contributed by atoms with Crippen LogP contribution < -0.4 is 10.6 Å². The maximum Gasteiger partial charge on any atom is 0.225 e. The predicted octanol–water partition coefficient (Wildman–Crippen LogP) is 4.80. The van der Waals surface area contributed by atoms with Crippen molar-refractivity contribution in [3.63, 3.8) is 0 Å². The quantitative estimate of drug-likeness (QED) is 0.416. The summed E-state index contributed by atoms with van der Waals surface area (Å²) >= 11 is 0. The molecule has 2 N–H and O–H groups in total. The third-order valence-corrected chi connectivity index (χ3v) is 4.76. The normalized spacial score (nSPS) is 11.0. The zero-order chi connectivity index (χ0) is 20.8. The fraction of sp³-hybridized carbons (Fsp3) is 0.208.